The highest BCUT2D eigenvalue weighted by Gasteiger charge is 2.25. The molecule has 2 heterocycles. The third-order valence-corrected chi connectivity index (χ3v) is 6.18. The Bertz CT molecular complexity index is 1230. The number of piperazine rings is 1. The molecule has 0 atom stereocenters. The van der Waals surface area contributed by atoms with E-state index in [0.29, 0.717) is 40.9 Å². The molecule has 1 aliphatic rings. The van der Waals surface area contributed by atoms with Crippen LogP contribution in [0.2, 0.25) is 5.02 Å². The molecule has 1 aliphatic heterocycles. The average Bonchev–Trinajstić information content (AvgIpc) is 3.35. The minimum atomic E-state index is 0.0104. The van der Waals surface area contributed by atoms with Gasteiger partial charge in [0.15, 0.2) is 5.76 Å². The lowest BCUT2D eigenvalue weighted by molar-refractivity contribution is 0.0629. The summed E-state index contributed by atoms with van der Waals surface area (Å²) in [6.07, 6.45) is 1.68. The summed E-state index contributed by atoms with van der Waals surface area (Å²) in [5, 5.41) is 0.665. The van der Waals surface area contributed by atoms with E-state index in [4.69, 9.17) is 16.0 Å². The quantitative estimate of drug-likeness (QED) is 0.390. The lowest BCUT2D eigenvalue weighted by atomic mass is 10.1. The monoisotopic (exact) mass is 457 g/mol. The second kappa shape index (κ2) is 9.61. The molecule has 1 amide bonds. The van der Waals surface area contributed by atoms with E-state index < -0.39 is 0 Å². The Morgan fingerprint density at radius 3 is 2.33 bits per heavy atom. The van der Waals surface area contributed by atoms with E-state index in [9.17, 15) is 4.79 Å². The molecular formula is C27H24ClN3O2. The van der Waals surface area contributed by atoms with Crippen molar-refractivity contribution in [2.75, 3.05) is 26.2 Å². The van der Waals surface area contributed by atoms with Crippen molar-refractivity contribution in [1.82, 2.24) is 14.8 Å². The SMILES string of the molecule is O=C(c1ccccc1-c1ncc(-c2ccc(Cl)cc2)o1)N1CCN(Cc2ccccc2)CC1. The Hall–Kier alpha value is -3.41. The molecule has 4 aromatic rings. The van der Waals surface area contributed by atoms with Gasteiger partial charge in [0.2, 0.25) is 5.89 Å². The highest BCUT2D eigenvalue weighted by molar-refractivity contribution is 6.30. The van der Waals surface area contributed by atoms with Crippen molar-refractivity contribution in [3.8, 4) is 22.8 Å². The van der Waals surface area contributed by atoms with Crippen molar-refractivity contribution in [2.45, 2.75) is 6.54 Å². The Morgan fingerprint density at radius 2 is 1.58 bits per heavy atom. The standard InChI is InChI=1S/C27H24ClN3O2/c28-22-12-10-21(11-13-22)25-18-29-26(33-25)23-8-4-5-9-24(23)27(32)31-16-14-30(15-17-31)19-20-6-2-1-3-7-20/h1-13,18H,14-17,19H2. The molecule has 0 saturated carbocycles. The second-order valence-electron chi connectivity index (χ2n) is 8.14. The van der Waals surface area contributed by atoms with E-state index in [1.807, 2.05) is 59.5 Å². The van der Waals surface area contributed by atoms with E-state index in [0.717, 1.165) is 25.2 Å². The van der Waals surface area contributed by atoms with E-state index in [1.54, 1.807) is 6.20 Å². The molecule has 0 N–H and O–H groups in total. The molecule has 0 unspecified atom stereocenters. The smallest absolute Gasteiger partial charge is 0.254 e. The van der Waals surface area contributed by atoms with Crippen LogP contribution < -0.4 is 0 Å². The molecule has 6 heteroatoms. The summed E-state index contributed by atoms with van der Waals surface area (Å²) < 4.78 is 6.02. The molecule has 0 radical (unpaired) electrons. The molecule has 166 valence electrons. The maximum absolute atomic E-state index is 13.4. The summed E-state index contributed by atoms with van der Waals surface area (Å²) >= 11 is 5.99. The maximum Gasteiger partial charge on any atom is 0.254 e. The number of benzene rings is 3. The minimum Gasteiger partial charge on any atom is -0.436 e. The third-order valence-electron chi connectivity index (χ3n) is 5.93. The summed E-state index contributed by atoms with van der Waals surface area (Å²) in [5.74, 6) is 1.08. The fourth-order valence-corrected chi connectivity index (χ4v) is 4.25. The Balaban J connectivity index is 1.30. The van der Waals surface area contributed by atoms with Crippen LogP contribution in [-0.2, 0) is 6.54 Å². The molecule has 5 nitrogen and oxygen atoms in total. The number of carbonyl (C=O) groups excluding carboxylic acids is 1. The Morgan fingerprint density at radius 1 is 0.879 bits per heavy atom. The van der Waals surface area contributed by atoms with Crippen molar-refractivity contribution in [3.05, 3.63) is 101 Å². The van der Waals surface area contributed by atoms with Crippen LogP contribution >= 0.6 is 11.6 Å². The first-order valence-corrected chi connectivity index (χ1v) is 11.4. The molecular weight excluding hydrogens is 434 g/mol. The largest absolute Gasteiger partial charge is 0.436 e. The zero-order valence-corrected chi connectivity index (χ0v) is 18.9. The van der Waals surface area contributed by atoms with Gasteiger partial charge in [0.05, 0.1) is 11.8 Å². The molecule has 1 saturated heterocycles. The van der Waals surface area contributed by atoms with E-state index >= 15 is 0 Å². The zero-order valence-electron chi connectivity index (χ0n) is 18.2. The van der Waals surface area contributed by atoms with Crippen molar-refractivity contribution in [3.63, 3.8) is 0 Å². The molecule has 1 aromatic heterocycles. The van der Waals surface area contributed by atoms with Gasteiger partial charge in [-0.3, -0.25) is 9.69 Å². The van der Waals surface area contributed by atoms with Gasteiger partial charge in [-0.2, -0.15) is 0 Å². The number of nitrogens with zero attached hydrogens (tertiary/aromatic N) is 3. The molecule has 0 bridgehead atoms. The van der Waals surface area contributed by atoms with Gasteiger partial charge in [0.1, 0.15) is 0 Å². The maximum atomic E-state index is 13.4. The van der Waals surface area contributed by atoms with Crippen LogP contribution in [0.1, 0.15) is 15.9 Å². The predicted molar refractivity (Wildman–Crippen MR) is 130 cm³/mol. The summed E-state index contributed by atoms with van der Waals surface area (Å²) in [7, 11) is 0. The fourth-order valence-electron chi connectivity index (χ4n) is 4.12. The van der Waals surface area contributed by atoms with Gasteiger partial charge in [0, 0.05) is 48.9 Å². The first-order chi connectivity index (χ1) is 16.2. The normalized spacial score (nSPS) is 14.4. The Kier molecular flexibility index (Phi) is 6.24. The Labute approximate surface area is 198 Å². The highest BCUT2D eigenvalue weighted by atomic mass is 35.5. The van der Waals surface area contributed by atoms with Gasteiger partial charge in [-0.1, -0.05) is 54.1 Å². The van der Waals surface area contributed by atoms with Crippen LogP contribution in [0.25, 0.3) is 22.8 Å². The summed E-state index contributed by atoms with van der Waals surface area (Å²) in [6.45, 7) is 4.00. The van der Waals surface area contributed by atoms with E-state index in [2.05, 4.69) is 34.1 Å². The van der Waals surface area contributed by atoms with Crippen LogP contribution in [0, 0.1) is 0 Å². The van der Waals surface area contributed by atoms with Crippen molar-refractivity contribution in [1.29, 1.82) is 0 Å². The number of carbonyl (C=O) groups is 1. The number of halogens is 1. The first-order valence-electron chi connectivity index (χ1n) is 11.0. The predicted octanol–water partition coefficient (Wildman–Crippen LogP) is 5.62. The van der Waals surface area contributed by atoms with Gasteiger partial charge in [-0.05, 0) is 42.0 Å². The second-order valence-corrected chi connectivity index (χ2v) is 8.57. The van der Waals surface area contributed by atoms with Crippen molar-refractivity contribution in [2.24, 2.45) is 0 Å². The molecule has 0 spiro atoms. The third kappa shape index (κ3) is 4.85. The van der Waals surface area contributed by atoms with E-state index in [1.165, 1.54) is 5.56 Å². The van der Waals surface area contributed by atoms with Gasteiger partial charge >= 0.3 is 0 Å². The lowest BCUT2D eigenvalue weighted by Gasteiger charge is -2.35. The molecule has 5 rings (SSSR count). The fraction of sp³-hybridized carbons (Fsp3) is 0.185. The lowest BCUT2D eigenvalue weighted by Crippen LogP contribution is -2.48. The zero-order chi connectivity index (χ0) is 22.6. The molecule has 0 aliphatic carbocycles. The van der Waals surface area contributed by atoms with Crippen molar-refractivity contribution < 1.29 is 9.21 Å². The van der Waals surface area contributed by atoms with E-state index in [-0.39, 0.29) is 5.91 Å². The highest BCUT2D eigenvalue weighted by Crippen LogP contribution is 2.29. The summed E-state index contributed by atoms with van der Waals surface area (Å²) in [4.78, 5) is 22.2. The van der Waals surface area contributed by atoms with Crippen LogP contribution in [0.4, 0.5) is 0 Å². The summed E-state index contributed by atoms with van der Waals surface area (Å²) in [5.41, 5.74) is 3.49. The van der Waals surface area contributed by atoms with Crippen LogP contribution in [0.5, 0.6) is 0 Å². The number of hydrogen-bond donors (Lipinski definition) is 0. The van der Waals surface area contributed by atoms with Gasteiger partial charge in [-0.25, -0.2) is 4.98 Å². The molecule has 33 heavy (non-hydrogen) atoms. The van der Waals surface area contributed by atoms with Crippen LogP contribution in [0.3, 0.4) is 0 Å². The first kappa shape index (κ1) is 21.4. The van der Waals surface area contributed by atoms with Crippen LogP contribution in [0.15, 0.2) is 89.5 Å². The van der Waals surface area contributed by atoms with Gasteiger partial charge < -0.3 is 9.32 Å². The summed E-state index contributed by atoms with van der Waals surface area (Å²) in [6, 6.07) is 25.4. The number of aromatic nitrogens is 1. The topological polar surface area (TPSA) is 49.6 Å². The minimum absolute atomic E-state index is 0.0104. The number of oxazole rings is 1. The number of rotatable bonds is 5. The average molecular weight is 458 g/mol. The van der Waals surface area contributed by atoms with Gasteiger partial charge in [-0.15, -0.1) is 0 Å². The molecule has 1 fully saturated rings. The number of amides is 1. The van der Waals surface area contributed by atoms with Crippen LogP contribution in [-0.4, -0.2) is 46.9 Å². The van der Waals surface area contributed by atoms with Gasteiger partial charge in [0.25, 0.3) is 5.91 Å². The number of hydrogen-bond acceptors (Lipinski definition) is 4. The van der Waals surface area contributed by atoms with Crippen molar-refractivity contribution >= 4 is 17.5 Å². The molecule has 3 aromatic carbocycles.